The first-order chi connectivity index (χ1) is 6.79. The second-order valence-corrected chi connectivity index (χ2v) is 16.1. The zero-order valence-electron chi connectivity index (χ0n) is 11.0. The van der Waals surface area contributed by atoms with Crippen molar-refractivity contribution >= 4 is 25.1 Å². The van der Waals surface area contributed by atoms with E-state index in [0.29, 0.717) is 0 Å². The fourth-order valence-corrected chi connectivity index (χ4v) is 7.29. The van der Waals surface area contributed by atoms with Crippen molar-refractivity contribution in [2.45, 2.75) is 6.92 Å². The van der Waals surface area contributed by atoms with Gasteiger partial charge < -0.3 is 0 Å². The molecule has 1 aromatic rings. The first kappa shape index (κ1) is 13.1. The molecule has 15 heavy (non-hydrogen) atoms. The van der Waals surface area contributed by atoms with E-state index in [1.807, 2.05) is 0 Å². The molecule has 0 N–H and O–H groups in total. The molecule has 0 nitrogen and oxygen atoms in total. The molecule has 0 atom stereocenters. The molecular weight excluding hydrogens is 218 g/mol. The molecule has 0 amide bonds. The van der Waals surface area contributed by atoms with Crippen molar-refractivity contribution in [2.24, 2.45) is 0 Å². The first-order valence-corrected chi connectivity index (χ1v) is 12.6. The van der Waals surface area contributed by atoms with Gasteiger partial charge in [0.05, 0.1) is 0 Å². The molecular formula is C13H26P2. The average molecular weight is 244 g/mol. The Morgan fingerprint density at radius 1 is 0.867 bits per heavy atom. The van der Waals surface area contributed by atoms with Gasteiger partial charge in [-0.15, -0.1) is 0 Å². The standard InChI is InChI=1S/C13H26P2/c1-7-15(5,6)13-11-9-8-10-12(13)14(2,3)4/h8-11,14-15H,7H2,1-6H3. The van der Waals surface area contributed by atoms with Crippen LogP contribution in [0.4, 0.5) is 0 Å². The van der Waals surface area contributed by atoms with Gasteiger partial charge in [0.2, 0.25) is 0 Å². The molecule has 0 saturated carbocycles. The summed E-state index contributed by atoms with van der Waals surface area (Å²) in [5, 5.41) is 3.38. The zero-order valence-corrected chi connectivity index (χ0v) is 13.0. The quantitative estimate of drug-likeness (QED) is 0.717. The molecule has 0 saturated heterocycles. The number of hydrogen-bond donors (Lipinski definition) is 0. The maximum atomic E-state index is 2.49. The van der Waals surface area contributed by atoms with E-state index in [-0.39, 0.29) is 0 Å². The molecule has 0 aliphatic carbocycles. The Morgan fingerprint density at radius 2 is 1.33 bits per heavy atom. The van der Waals surface area contributed by atoms with E-state index in [4.69, 9.17) is 0 Å². The van der Waals surface area contributed by atoms with Crippen LogP contribution in [0.25, 0.3) is 0 Å². The molecule has 2 heteroatoms. The van der Waals surface area contributed by atoms with Gasteiger partial charge in [-0.05, 0) is 0 Å². The van der Waals surface area contributed by atoms with Gasteiger partial charge in [-0.25, -0.2) is 0 Å². The zero-order chi connectivity index (χ0) is 11.7. The molecule has 88 valence electrons. The summed E-state index contributed by atoms with van der Waals surface area (Å²) in [5.74, 6) is 0. The molecule has 0 spiro atoms. The Morgan fingerprint density at radius 3 is 1.73 bits per heavy atom. The first-order valence-electron chi connectivity index (χ1n) is 5.89. The van der Waals surface area contributed by atoms with E-state index in [2.05, 4.69) is 64.5 Å². The molecule has 0 unspecified atom stereocenters. The van der Waals surface area contributed by atoms with Gasteiger partial charge >= 0.3 is 95.8 Å². The van der Waals surface area contributed by atoms with E-state index in [1.165, 1.54) is 6.16 Å². The Labute approximate surface area is 96.2 Å². The van der Waals surface area contributed by atoms with Gasteiger partial charge in [0.25, 0.3) is 0 Å². The summed E-state index contributed by atoms with van der Waals surface area (Å²) in [6.45, 7) is 14.7. The third-order valence-corrected chi connectivity index (χ3v) is 9.31. The molecule has 0 radical (unpaired) electrons. The molecule has 0 aliphatic rings. The van der Waals surface area contributed by atoms with E-state index >= 15 is 0 Å². The summed E-state index contributed by atoms with van der Waals surface area (Å²) in [7, 11) is -2.34. The Hall–Kier alpha value is 0.0800. The average Bonchev–Trinajstić information content (AvgIpc) is 2.16. The van der Waals surface area contributed by atoms with Crippen LogP contribution in [0.15, 0.2) is 24.3 Å². The van der Waals surface area contributed by atoms with Gasteiger partial charge in [0.1, 0.15) is 0 Å². The molecule has 1 rings (SSSR count). The van der Waals surface area contributed by atoms with Gasteiger partial charge in [-0.2, -0.15) is 0 Å². The van der Waals surface area contributed by atoms with Crippen molar-refractivity contribution in [1.82, 2.24) is 0 Å². The number of rotatable bonds is 3. The normalized spacial score (nSPS) is 15.1. The van der Waals surface area contributed by atoms with Gasteiger partial charge in [0, 0.05) is 0 Å². The van der Waals surface area contributed by atoms with E-state index in [1.54, 1.807) is 10.6 Å². The molecule has 0 bridgehead atoms. The molecule has 0 aliphatic heterocycles. The summed E-state index contributed by atoms with van der Waals surface area (Å²) in [6, 6.07) is 9.16. The summed E-state index contributed by atoms with van der Waals surface area (Å²) >= 11 is 0. The van der Waals surface area contributed by atoms with Crippen LogP contribution < -0.4 is 10.6 Å². The predicted molar refractivity (Wildman–Crippen MR) is 82.5 cm³/mol. The van der Waals surface area contributed by atoms with Crippen LogP contribution in [0.5, 0.6) is 0 Å². The van der Waals surface area contributed by atoms with Gasteiger partial charge in [0.15, 0.2) is 0 Å². The number of hydrogen-bond acceptors (Lipinski definition) is 0. The van der Waals surface area contributed by atoms with Gasteiger partial charge in [-0.3, -0.25) is 0 Å². The Bertz CT molecular complexity index is 335. The predicted octanol–water partition coefficient (Wildman–Crippen LogP) is 2.61. The SMILES string of the molecule is CC[PH](C)(C)c1ccccc1[PH](C)(C)C. The monoisotopic (exact) mass is 244 g/mol. The molecule has 0 heterocycles. The molecule has 0 aromatic heterocycles. The second kappa shape index (κ2) is 4.52. The summed E-state index contributed by atoms with van der Waals surface area (Å²) in [6.07, 6.45) is 1.34. The topological polar surface area (TPSA) is 0 Å². The van der Waals surface area contributed by atoms with Crippen LogP contribution >= 0.6 is 14.5 Å². The number of benzene rings is 1. The Kier molecular flexibility index (Phi) is 3.96. The second-order valence-electron chi connectivity index (χ2n) is 6.03. The molecule has 1 aromatic carbocycles. The van der Waals surface area contributed by atoms with Gasteiger partial charge in [-0.1, -0.05) is 0 Å². The summed E-state index contributed by atoms with van der Waals surface area (Å²) < 4.78 is 0. The van der Waals surface area contributed by atoms with Crippen LogP contribution in [0.1, 0.15) is 6.92 Å². The summed E-state index contributed by atoms with van der Waals surface area (Å²) in [5.41, 5.74) is 0. The Balaban J connectivity index is 3.31. The van der Waals surface area contributed by atoms with Crippen LogP contribution in [-0.4, -0.2) is 39.5 Å². The van der Waals surface area contributed by atoms with Crippen molar-refractivity contribution < 1.29 is 0 Å². The van der Waals surface area contributed by atoms with Crippen LogP contribution in [0, 0.1) is 0 Å². The van der Waals surface area contributed by atoms with Crippen molar-refractivity contribution in [1.29, 1.82) is 0 Å². The maximum absolute atomic E-state index is 2.49. The van der Waals surface area contributed by atoms with Crippen molar-refractivity contribution in [2.75, 3.05) is 39.5 Å². The van der Waals surface area contributed by atoms with Crippen molar-refractivity contribution in [3.63, 3.8) is 0 Å². The fraction of sp³-hybridized carbons (Fsp3) is 0.538. The summed E-state index contributed by atoms with van der Waals surface area (Å²) in [4.78, 5) is 0. The van der Waals surface area contributed by atoms with E-state index < -0.39 is 14.5 Å². The fourth-order valence-electron chi connectivity index (χ4n) is 1.92. The minimum atomic E-state index is -1.17. The van der Waals surface area contributed by atoms with Crippen molar-refractivity contribution in [3.05, 3.63) is 24.3 Å². The third kappa shape index (κ3) is 3.02. The van der Waals surface area contributed by atoms with E-state index in [0.717, 1.165) is 0 Å². The van der Waals surface area contributed by atoms with Crippen LogP contribution in [0.3, 0.4) is 0 Å². The van der Waals surface area contributed by atoms with Crippen LogP contribution in [-0.2, 0) is 0 Å². The van der Waals surface area contributed by atoms with Crippen LogP contribution in [0.2, 0.25) is 0 Å². The third-order valence-electron chi connectivity index (χ3n) is 3.35. The van der Waals surface area contributed by atoms with Crippen molar-refractivity contribution in [3.8, 4) is 0 Å². The van der Waals surface area contributed by atoms with E-state index in [9.17, 15) is 0 Å². The molecule has 0 fully saturated rings. The minimum absolute atomic E-state index is 1.17.